The number of β-lactam (4-membered cyclic amide) rings is 1. The Kier molecular flexibility index (Phi) is 5.61. The van der Waals surface area contributed by atoms with Gasteiger partial charge >= 0.3 is 0 Å². The number of rotatable bonds is 8. The van der Waals surface area contributed by atoms with E-state index in [0.29, 0.717) is 26.2 Å². The normalized spacial score (nSPS) is 19.6. The molecule has 1 amide bonds. The number of hydrogen-bond donors (Lipinski definition) is 0. The maximum Gasteiger partial charge on any atom is 0.235 e. The fourth-order valence-electron chi connectivity index (χ4n) is 3.32. The van der Waals surface area contributed by atoms with Gasteiger partial charge in [-0.3, -0.25) is 9.59 Å². The van der Waals surface area contributed by atoms with E-state index in [1.165, 1.54) is 6.92 Å². The van der Waals surface area contributed by atoms with Crippen LogP contribution in [-0.4, -0.2) is 29.2 Å². The topological polar surface area (TPSA) is 46.6 Å². The van der Waals surface area contributed by atoms with Gasteiger partial charge in [-0.1, -0.05) is 60.7 Å². The van der Waals surface area contributed by atoms with Crippen LogP contribution in [0.1, 0.15) is 24.5 Å². The van der Waals surface area contributed by atoms with Gasteiger partial charge in [-0.25, -0.2) is 0 Å². The number of benzene rings is 2. The van der Waals surface area contributed by atoms with Crippen LogP contribution in [0.2, 0.25) is 0 Å². The number of ether oxygens (including phenoxy) is 1. The summed E-state index contributed by atoms with van der Waals surface area (Å²) in [4.78, 5) is 25.9. The monoisotopic (exact) mass is 337 g/mol. The summed E-state index contributed by atoms with van der Waals surface area (Å²) < 4.78 is 5.74. The van der Waals surface area contributed by atoms with Crippen LogP contribution in [-0.2, 0) is 27.5 Å². The number of likely N-dealkylation sites (tertiary alicyclic amines) is 1. The first kappa shape index (κ1) is 17.4. The lowest BCUT2D eigenvalue weighted by Crippen LogP contribution is -2.62. The highest BCUT2D eigenvalue weighted by Gasteiger charge is 2.49. The lowest BCUT2D eigenvalue weighted by molar-refractivity contribution is -0.163. The zero-order chi connectivity index (χ0) is 17.6. The van der Waals surface area contributed by atoms with Crippen molar-refractivity contribution in [2.24, 2.45) is 5.92 Å². The minimum absolute atomic E-state index is 0.0534. The highest BCUT2D eigenvalue weighted by Crippen LogP contribution is 2.31. The number of nitrogens with zero attached hydrogens (tertiary/aromatic N) is 1. The number of carbonyl (C=O) groups is 2. The minimum Gasteiger partial charge on any atom is -0.377 e. The standard InChI is InChI=1S/C21H23NO3/c1-16(23)20-19(12-13-25-15-18-10-6-3-7-11-18)22(21(20)24)14-17-8-4-2-5-9-17/h2-11,19-20H,12-15H2,1H3. The Morgan fingerprint density at radius 2 is 1.60 bits per heavy atom. The van der Waals surface area contributed by atoms with E-state index in [0.717, 1.165) is 11.1 Å². The van der Waals surface area contributed by atoms with Crippen molar-refractivity contribution in [3.8, 4) is 0 Å². The Morgan fingerprint density at radius 1 is 1.00 bits per heavy atom. The predicted octanol–water partition coefficient (Wildman–Crippen LogP) is 3.21. The van der Waals surface area contributed by atoms with E-state index in [9.17, 15) is 9.59 Å². The molecule has 0 aromatic heterocycles. The smallest absolute Gasteiger partial charge is 0.235 e. The van der Waals surface area contributed by atoms with Crippen LogP contribution in [0.5, 0.6) is 0 Å². The molecule has 1 heterocycles. The van der Waals surface area contributed by atoms with Gasteiger partial charge in [0, 0.05) is 13.2 Å². The fraction of sp³-hybridized carbons (Fsp3) is 0.333. The zero-order valence-electron chi connectivity index (χ0n) is 14.4. The SMILES string of the molecule is CC(=O)C1C(=O)N(Cc2ccccc2)C1CCOCc1ccccc1. The molecule has 4 nitrogen and oxygen atoms in total. The van der Waals surface area contributed by atoms with Crippen molar-refractivity contribution in [1.29, 1.82) is 0 Å². The Bertz CT molecular complexity index is 714. The lowest BCUT2D eigenvalue weighted by atomic mass is 9.82. The Morgan fingerprint density at radius 3 is 2.20 bits per heavy atom. The molecule has 0 bridgehead atoms. The van der Waals surface area contributed by atoms with Gasteiger partial charge in [0.05, 0.1) is 12.6 Å². The van der Waals surface area contributed by atoms with Crippen LogP contribution in [0.15, 0.2) is 60.7 Å². The highest BCUT2D eigenvalue weighted by molar-refractivity contribution is 6.05. The van der Waals surface area contributed by atoms with Gasteiger partial charge in [0.15, 0.2) is 0 Å². The maximum absolute atomic E-state index is 12.3. The van der Waals surface area contributed by atoms with E-state index in [-0.39, 0.29) is 17.7 Å². The van der Waals surface area contributed by atoms with Crippen molar-refractivity contribution in [2.45, 2.75) is 32.5 Å². The molecular weight excluding hydrogens is 314 g/mol. The average Bonchev–Trinajstić information content (AvgIpc) is 2.63. The molecule has 2 aromatic carbocycles. The molecule has 0 radical (unpaired) electrons. The quantitative estimate of drug-likeness (QED) is 0.422. The van der Waals surface area contributed by atoms with Crippen LogP contribution in [0.25, 0.3) is 0 Å². The fourth-order valence-corrected chi connectivity index (χ4v) is 3.32. The molecule has 2 aromatic rings. The van der Waals surface area contributed by atoms with Crippen LogP contribution < -0.4 is 0 Å². The van der Waals surface area contributed by atoms with E-state index >= 15 is 0 Å². The molecule has 130 valence electrons. The molecule has 1 saturated heterocycles. The molecule has 0 aliphatic carbocycles. The summed E-state index contributed by atoms with van der Waals surface area (Å²) in [6, 6.07) is 19.8. The molecule has 3 rings (SSSR count). The third kappa shape index (κ3) is 4.15. The van der Waals surface area contributed by atoms with Crippen LogP contribution in [0, 0.1) is 5.92 Å². The number of Topliss-reactive ketones (excluding diaryl/α,β-unsaturated/α-hetero) is 1. The third-order valence-corrected chi connectivity index (χ3v) is 4.64. The molecule has 1 fully saturated rings. The number of amides is 1. The van der Waals surface area contributed by atoms with E-state index < -0.39 is 5.92 Å². The molecular formula is C21H23NO3. The van der Waals surface area contributed by atoms with E-state index in [2.05, 4.69) is 0 Å². The second-order valence-corrected chi connectivity index (χ2v) is 6.43. The largest absolute Gasteiger partial charge is 0.377 e. The minimum atomic E-state index is -0.510. The predicted molar refractivity (Wildman–Crippen MR) is 95.7 cm³/mol. The molecule has 0 saturated carbocycles. The Labute approximate surface area is 148 Å². The summed E-state index contributed by atoms with van der Waals surface area (Å²) in [5.41, 5.74) is 2.20. The first-order valence-corrected chi connectivity index (χ1v) is 8.63. The molecule has 1 aliphatic heterocycles. The van der Waals surface area contributed by atoms with E-state index in [1.54, 1.807) is 4.90 Å². The summed E-state index contributed by atoms with van der Waals surface area (Å²) in [7, 11) is 0. The average molecular weight is 337 g/mol. The van der Waals surface area contributed by atoms with Crippen molar-refractivity contribution in [2.75, 3.05) is 6.61 Å². The molecule has 25 heavy (non-hydrogen) atoms. The molecule has 0 spiro atoms. The van der Waals surface area contributed by atoms with Gasteiger partial charge in [0.1, 0.15) is 11.7 Å². The summed E-state index contributed by atoms with van der Waals surface area (Å²) in [5.74, 6) is -0.629. The summed E-state index contributed by atoms with van der Waals surface area (Å²) in [6.45, 7) is 3.12. The summed E-state index contributed by atoms with van der Waals surface area (Å²) >= 11 is 0. The maximum atomic E-state index is 12.3. The van der Waals surface area contributed by atoms with Crippen LogP contribution in [0.3, 0.4) is 0 Å². The first-order chi connectivity index (χ1) is 12.2. The Hall–Kier alpha value is -2.46. The summed E-state index contributed by atoms with van der Waals surface area (Å²) in [6.07, 6.45) is 0.676. The second-order valence-electron chi connectivity index (χ2n) is 6.43. The molecule has 2 unspecified atom stereocenters. The van der Waals surface area contributed by atoms with Gasteiger partial charge in [-0.15, -0.1) is 0 Å². The van der Waals surface area contributed by atoms with Gasteiger partial charge in [-0.2, -0.15) is 0 Å². The third-order valence-electron chi connectivity index (χ3n) is 4.64. The van der Waals surface area contributed by atoms with Crippen molar-refractivity contribution in [3.05, 3.63) is 71.8 Å². The molecule has 0 N–H and O–H groups in total. The molecule has 2 atom stereocenters. The van der Waals surface area contributed by atoms with E-state index in [4.69, 9.17) is 4.74 Å². The van der Waals surface area contributed by atoms with Gasteiger partial charge < -0.3 is 9.64 Å². The van der Waals surface area contributed by atoms with Crippen molar-refractivity contribution < 1.29 is 14.3 Å². The van der Waals surface area contributed by atoms with Crippen molar-refractivity contribution >= 4 is 11.7 Å². The van der Waals surface area contributed by atoms with Gasteiger partial charge in [0.2, 0.25) is 5.91 Å². The van der Waals surface area contributed by atoms with Gasteiger partial charge in [0.25, 0.3) is 0 Å². The van der Waals surface area contributed by atoms with Crippen molar-refractivity contribution in [3.63, 3.8) is 0 Å². The number of ketones is 1. The summed E-state index contributed by atoms with van der Waals surface area (Å²) in [5, 5.41) is 0. The van der Waals surface area contributed by atoms with Gasteiger partial charge in [-0.05, 0) is 24.5 Å². The molecule has 1 aliphatic rings. The second kappa shape index (κ2) is 8.08. The van der Waals surface area contributed by atoms with Crippen molar-refractivity contribution in [1.82, 2.24) is 4.90 Å². The zero-order valence-corrected chi connectivity index (χ0v) is 14.4. The molecule has 4 heteroatoms. The first-order valence-electron chi connectivity index (χ1n) is 8.63. The number of hydrogen-bond acceptors (Lipinski definition) is 3. The van der Waals surface area contributed by atoms with Crippen LogP contribution in [0.4, 0.5) is 0 Å². The number of carbonyl (C=O) groups excluding carboxylic acids is 2. The Balaban J connectivity index is 1.55. The van der Waals surface area contributed by atoms with Crippen LogP contribution >= 0.6 is 0 Å². The van der Waals surface area contributed by atoms with E-state index in [1.807, 2.05) is 60.7 Å². The highest BCUT2D eigenvalue weighted by atomic mass is 16.5. The lowest BCUT2D eigenvalue weighted by Gasteiger charge is -2.46.